The largest absolute Gasteiger partial charge is 0.493 e. The molecule has 4 aromatic rings. The predicted molar refractivity (Wildman–Crippen MR) is 117 cm³/mol. The van der Waals surface area contributed by atoms with Gasteiger partial charge in [-0.25, -0.2) is 14.4 Å². The van der Waals surface area contributed by atoms with Crippen LogP contribution in [0.5, 0.6) is 5.75 Å². The van der Waals surface area contributed by atoms with Crippen molar-refractivity contribution in [1.29, 1.82) is 0 Å². The summed E-state index contributed by atoms with van der Waals surface area (Å²) < 4.78 is 20.2. The summed E-state index contributed by atoms with van der Waals surface area (Å²) in [6, 6.07) is 16.6. The third kappa shape index (κ3) is 3.92. The molecule has 0 atom stereocenters. The molecule has 4 nitrogen and oxygen atoms in total. The number of nitrogens with one attached hydrogen (secondary N) is 1. The van der Waals surface area contributed by atoms with Crippen LogP contribution in [0.1, 0.15) is 32.1 Å². The normalized spacial score (nSPS) is 14.8. The average Bonchev–Trinajstić information content (AvgIpc) is 3.22. The molecule has 0 saturated heterocycles. The van der Waals surface area contributed by atoms with Gasteiger partial charge in [-0.3, -0.25) is 0 Å². The molecule has 1 aliphatic rings. The molecule has 152 valence electrons. The van der Waals surface area contributed by atoms with Crippen LogP contribution < -0.4 is 4.74 Å². The van der Waals surface area contributed by atoms with Crippen molar-refractivity contribution in [3.05, 3.63) is 66.6 Å². The van der Waals surface area contributed by atoms with E-state index in [0.717, 1.165) is 34.8 Å². The lowest BCUT2D eigenvalue weighted by molar-refractivity contribution is 0.209. The molecular weight excluding hydrogens is 377 g/mol. The van der Waals surface area contributed by atoms with Gasteiger partial charge in [-0.2, -0.15) is 0 Å². The van der Waals surface area contributed by atoms with Crippen molar-refractivity contribution in [2.75, 3.05) is 6.61 Å². The number of benzene rings is 2. The zero-order chi connectivity index (χ0) is 20.3. The highest BCUT2D eigenvalue weighted by atomic mass is 19.1. The molecule has 0 bridgehead atoms. The summed E-state index contributed by atoms with van der Waals surface area (Å²) in [4.78, 5) is 12.4. The van der Waals surface area contributed by atoms with Crippen molar-refractivity contribution in [2.24, 2.45) is 5.92 Å². The number of aromatic amines is 1. The quantitative estimate of drug-likeness (QED) is 0.421. The summed E-state index contributed by atoms with van der Waals surface area (Å²) in [6.45, 7) is 0.775. The van der Waals surface area contributed by atoms with Gasteiger partial charge in [0.15, 0.2) is 5.65 Å². The van der Waals surface area contributed by atoms with E-state index >= 15 is 0 Å². The highest BCUT2D eigenvalue weighted by Crippen LogP contribution is 2.29. The Bertz CT molecular complexity index is 1160. The second-order valence-electron chi connectivity index (χ2n) is 8.00. The van der Waals surface area contributed by atoms with Gasteiger partial charge in [-0.15, -0.1) is 0 Å². The summed E-state index contributed by atoms with van der Waals surface area (Å²) in [7, 11) is 0. The molecule has 0 amide bonds. The van der Waals surface area contributed by atoms with Crippen LogP contribution >= 0.6 is 0 Å². The Kier molecular flexibility index (Phi) is 5.18. The number of rotatable bonds is 5. The van der Waals surface area contributed by atoms with E-state index < -0.39 is 0 Å². The van der Waals surface area contributed by atoms with E-state index in [-0.39, 0.29) is 5.82 Å². The van der Waals surface area contributed by atoms with E-state index in [1.807, 2.05) is 36.4 Å². The van der Waals surface area contributed by atoms with Gasteiger partial charge in [0.2, 0.25) is 0 Å². The Hall–Kier alpha value is -3.21. The number of fused-ring (bicyclic) bond motifs is 1. The maximum atomic E-state index is 14.1. The first-order valence-corrected chi connectivity index (χ1v) is 10.6. The Morgan fingerprint density at radius 1 is 0.967 bits per heavy atom. The lowest BCUT2D eigenvalue weighted by Gasteiger charge is -2.21. The number of pyridine rings is 1. The number of aromatic nitrogens is 3. The van der Waals surface area contributed by atoms with Crippen molar-refractivity contribution in [2.45, 2.75) is 32.1 Å². The van der Waals surface area contributed by atoms with Crippen molar-refractivity contribution in [3.8, 4) is 28.3 Å². The fourth-order valence-electron chi connectivity index (χ4n) is 4.18. The number of nitrogens with zero attached hydrogens (tertiary/aromatic N) is 2. The number of halogens is 1. The molecule has 2 heterocycles. The molecule has 0 aliphatic heterocycles. The first-order chi connectivity index (χ1) is 14.8. The second kappa shape index (κ2) is 8.27. The molecule has 2 aromatic heterocycles. The highest BCUT2D eigenvalue weighted by Gasteiger charge is 2.15. The van der Waals surface area contributed by atoms with Gasteiger partial charge in [-0.1, -0.05) is 49.6 Å². The van der Waals surface area contributed by atoms with Crippen molar-refractivity contribution < 1.29 is 9.13 Å². The van der Waals surface area contributed by atoms with Crippen LogP contribution in [0.25, 0.3) is 33.7 Å². The number of hydrogen-bond acceptors (Lipinski definition) is 3. The zero-order valence-electron chi connectivity index (χ0n) is 16.8. The Morgan fingerprint density at radius 2 is 1.83 bits per heavy atom. The first kappa shape index (κ1) is 18.8. The van der Waals surface area contributed by atoms with E-state index in [9.17, 15) is 4.39 Å². The fraction of sp³-hybridized carbons (Fsp3) is 0.280. The summed E-state index contributed by atoms with van der Waals surface area (Å²) in [6.07, 6.45) is 8.17. The minimum atomic E-state index is -0.263. The third-order valence-electron chi connectivity index (χ3n) is 5.84. The van der Waals surface area contributed by atoms with Gasteiger partial charge < -0.3 is 9.72 Å². The number of imidazole rings is 1. The molecule has 0 unspecified atom stereocenters. The minimum absolute atomic E-state index is 0.263. The first-order valence-electron chi connectivity index (χ1n) is 10.6. The maximum absolute atomic E-state index is 14.1. The minimum Gasteiger partial charge on any atom is -0.493 e. The van der Waals surface area contributed by atoms with Crippen LogP contribution in [0.3, 0.4) is 0 Å². The lowest BCUT2D eigenvalue weighted by atomic mass is 9.90. The van der Waals surface area contributed by atoms with Crippen molar-refractivity contribution >= 4 is 11.2 Å². The van der Waals surface area contributed by atoms with Crippen LogP contribution in [0.2, 0.25) is 0 Å². The van der Waals surface area contributed by atoms with Crippen molar-refractivity contribution in [3.63, 3.8) is 0 Å². The number of hydrogen-bond donors (Lipinski definition) is 1. The van der Waals surface area contributed by atoms with E-state index in [2.05, 4.69) is 15.0 Å². The number of H-pyrrole nitrogens is 1. The molecule has 30 heavy (non-hydrogen) atoms. The molecule has 5 rings (SSSR count). The monoisotopic (exact) mass is 401 g/mol. The molecule has 5 heteroatoms. The van der Waals surface area contributed by atoms with Gasteiger partial charge in [0, 0.05) is 22.9 Å². The van der Waals surface area contributed by atoms with Gasteiger partial charge in [0.1, 0.15) is 17.4 Å². The zero-order valence-corrected chi connectivity index (χ0v) is 16.8. The summed E-state index contributed by atoms with van der Waals surface area (Å²) in [5.41, 5.74) is 3.58. The Morgan fingerprint density at radius 3 is 2.70 bits per heavy atom. The fourth-order valence-corrected chi connectivity index (χ4v) is 4.18. The van der Waals surface area contributed by atoms with E-state index in [0.29, 0.717) is 17.1 Å². The third-order valence-corrected chi connectivity index (χ3v) is 5.84. The van der Waals surface area contributed by atoms with Crippen LogP contribution in [0, 0.1) is 11.7 Å². The van der Waals surface area contributed by atoms with Gasteiger partial charge in [0.05, 0.1) is 12.1 Å². The SMILES string of the molecule is Fc1ccccc1-c1cnc2nc(-c3cccc(OCC4CCCCC4)c3)[nH]c2c1. The Labute approximate surface area is 175 Å². The number of ether oxygens (including phenoxy) is 1. The molecule has 0 radical (unpaired) electrons. The molecule has 1 fully saturated rings. The second-order valence-corrected chi connectivity index (χ2v) is 8.00. The lowest BCUT2D eigenvalue weighted by Crippen LogP contribution is -2.15. The van der Waals surface area contributed by atoms with E-state index in [1.165, 1.54) is 38.2 Å². The van der Waals surface area contributed by atoms with Crippen LogP contribution in [0.15, 0.2) is 60.8 Å². The van der Waals surface area contributed by atoms with E-state index in [4.69, 9.17) is 4.74 Å². The molecule has 1 saturated carbocycles. The Balaban J connectivity index is 1.38. The van der Waals surface area contributed by atoms with Crippen LogP contribution in [-0.4, -0.2) is 21.6 Å². The summed E-state index contributed by atoms with van der Waals surface area (Å²) in [5, 5.41) is 0. The average molecular weight is 401 g/mol. The highest BCUT2D eigenvalue weighted by molar-refractivity contribution is 5.81. The molecular formula is C25H24FN3O. The van der Waals surface area contributed by atoms with Gasteiger partial charge >= 0.3 is 0 Å². The molecule has 1 aliphatic carbocycles. The van der Waals surface area contributed by atoms with Crippen LogP contribution in [-0.2, 0) is 0 Å². The maximum Gasteiger partial charge on any atom is 0.178 e. The van der Waals surface area contributed by atoms with E-state index in [1.54, 1.807) is 18.3 Å². The predicted octanol–water partition coefficient (Wildman–Crippen LogP) is 6.39. The van der Waals surface area contributed by atoms with Crippen LogP contribution in [0.4, 0.5) is 4.39 Å². The van der Waals surface area contributed by atoms with Gasteiger partial charge in [0.25, 0.3) is 0 Å². The van der Waals surface area contributed by atoms with Gasteiger partial charge in [-0.05, 0) is 43.0 Å². The molecule has 2 aromatic carbocycles. The topological polar surface area (TPSA) is 50.8 Å². The molecule has 0 spiro atoms. The summed E-state index contributed by atoms with van der Waals surface area (Å²) >= 11 is 0. The standard InChI is InChI=1S/C25H24FN3O/c26-22-12-5-4-11-21(22)19-14-23-25(27-15-19)29-24(28-23)18-9-6-10-20(13-18)30-16-17-7-2-1-3-8-17/h4-6,9-15,17H,1-3,7-8,16H2,(H,27,28,29). The van der Waals surface area contributed by atoms with Crippen molar-refractivity contribution in [1.82, 2.24) is 15.0 Å². The molecule has 1 N–H and O–H groups in total. The summed E-state index contributed by atoms with van der Waals surface area (Å²) in [5.74, 6) is 1.99. The smallest absolute Gasteiger partial charge is 0.178 e.